The molecule has 2 atom stereocenters. The summed E-state index contributed by atoms with van der Waals surface area (Å²) < 4.78 is 0. The molecule has 0 aliphatic carbocycles. The highest BCUT2D eigenvalue weighted by atomic mass is 16.4. The molecule has 98 valence electrons. The standard InChI is InChI=1S/C11H21N3O3/c1-8(10(15)16)14(3)11(17)12-6-9-4-5-13(2)7-9/h8-9H,4-7H2,1-3H3,(H,12,17)(H,15,16). The van der Waals surface area contributed by atoms with Crippen LogP contribution in [0, 0.1) is 5.92 Å². The van der Waals surface area contributed by atoms with E-state index in [1.165, 1.54) is 18.9 Å². The number of hydrogen-bond acceptors (Lipinski definition) is 3. The van der Waals surface area contributed by atoms with Crippen LogP contribution in [0.5, 0.6) is 0 Å². The minimum Gasteiger partial charge on any atom is -0.480 e. The lowest BCUT2D eigenvalue weighted by Crippen LogP contribution is -2.47. The van der Waals surface area contributed by atoms with E-state index in [1.54, 1.807) is 0 Å². The van der Waals surface area contributed by atoms with E-state index in [1.807, 2.05) is 0 Å². The molecular weight excluding hydrogens is 222 g/mol. The second-order valence-electron chi connectivity index (χ2n) is 4.73. The van der Waals surface area contributed by atoms with Gasteiger partial charge in [-0.2, -0.15) is 0 Å². The lowest BCUT2D eigenvalue weighted by Gasteiger charge is -2.22. The van der Waals surface area contributed by atoms with Crippen molar-refractivity contribution in [1.29, 1.82) is 0 Å². The van der Waals surface area contributed by atoms with Crippen molar-refractivity contribution in [2.45, 2.75) is 19.4 Å². The second-order valence-corrected chi connectivity index (χ2v) is 4.73. The first-order chi connectivity index (χ1) is 7.91. The summed E-state index contributed by atoms with van der Waals surface area (Å²) in [7, 11) is 3.55. The maximum Gasteiger partial charge on any atom is 0.326 e. The van der Waals surface area contributed by atoms with Gasteiger partial charge >= 0.3 is 12.0 Å². The molecule has 0 spiro atoms. The van der Waals surface area contributed by atoms with Crippen LogP contribution in [0.3, 0.4) is 0 Å². The average Bonchev–Trinajstić information content (AvgIpc) is 2.69. The number of likely N-dealkylation sites (tertiary alicyclic amines) is 1. The van der Waals surface area contributed by atoms with Gasteiger partial charge in [0.05, 0.1) is 0 Å². The van der Waals surface area contributed by atoms with Crippen LogP contribution in [0.4, 0.5) is 4.79 Å². The highest BCUT2D eigenvalue weighted by Crippen LogP contribution is 2.12. The normalized spacial score (nSPS) is 22.2. The number of rotatable bonds is 4. The van der Waals surface area contributed by atoms with Gasteiger partial charge < -0.3 is 20.2 Å². The molecule has 0 aromatic heterocycles. The van der Waals surface area contributed by atoms with Crippen LogP contribution in [-0.2, 0) is 4.79 Å². The van der Waals surface area contributed by atoms with Crippen molar-refractivity contribution in [3.05, 3.63) is 0 Å². The number of aliphatic carboxylic acids is 1. The van der Waals surface area contributed by atoms with E-state index >= 15 is 0 Å². The summed E-state index contributed by atoms with van der Waals surface area (Å²) in [5.74, 6) is -0.527. The van der Waals surface area contributed by atoms with Gasteiger partial charge in [0.1, 0.15) is 6.04 Å². The first kappa shape index (κ1) is 13.8. The van der Waals surface area contributed by atoms with Crippen molar-refractivity contribution in [2.24, 2.45) is 5.92 Å². The molecule has 1 aliphatic rings. The zero-order chi connectivity index (χ0) is 13.0. The van der Waals surface area contributed by atoms with Crippen LogP contribution in [0.2, 0.25) is 0 Å². The molecule has 2 N–H and O–H groups in total. The molecule has 1 saturated heterocycles. The molecule has 1 heterocycles. The maximum absolute atomic E-state index is 11.7. The lowest BCUT2D eigenvalue weighted by atomic mass is 10.1. The van der Waals surface area contributed by atoms with Gasteiger partial charge in [-0.15, -0.1) is 0 Å². The summed E-state index contributed by atoms with van der Waals surface area (Å²) in [5.41, 5.74) is 0. The smallest absolute Gasteiger partial charge is 0.326 e. The van der Waals surface area contributed by atoms with Gasteiger partial charge in [-0.3, -0.25) is 0 Å². The zero-order valence-corrected chi connectivity index (χ0v) is 10.6. The predicted molar refractivity (Wildman–Crippen MR) is 63.9 cm³/mol. The molecule has 0 saturated carbocycles. The van der Waals surface area contributed by atoms with Crippen LogP contribution in [0.1, 0.15) is 13.3 Å². The number of urea groups is 1. The number of amides is 2. The minimum atomic E-state index is -0.997. The lowest BCUT2D eigenvalue weighted by molar-refractivity contribution is -0.141. The van der Waals surface area contributed by atoms with Crippen molar-refractivity contribution in [3.63, 3.8) is 0 Å². The molecule has 1 fully saturated rings. The summed E-state index contributed by atoms with van der Waals surface area (Å²) in [5, 5.41) is 11.6. The van der Waals surface area contributed by atoms with E-state index in [4.69, 9.17) is 5.11 Å². The van der Waals surface area contributed by atoms with E-state index in [9.17, 15) is 9.59 Å². The SMILES string of the molecule is CC(C(=O)O)N(C)C(=O)NCC1CCN(C)C1. The molecule has 0 radical (unpaired) electrons. The molecule has 0 aromatic carbocycles. The van der Waals surface area contributed by atoms with Gasteiger partial charge in [0.25, 0.3) is 0 Å². The average molecular weight is 243 g/mol. The largest absolute Gasteiger partial charge is 0.480 e. The van der Waals surface area contributed by atoms with E-state index in [2.05, 4.69) is 17.3 Å². The molecule has 1 aliphatic heterocycles. The quantitative estimate of drug-likeness (QED) is 0.732. The monoisotopic (exact) mass is 243 g/mol. The van der Waals surface area contributed by atoms with Crippen LogP contribution in [-0.4, -0.2) is 66.7 Å². The number of nitrogens with zero attached hydrogens (tertiary/aromatic N) is 2. The summed E-state index contributed by atoms with van der Waals surface area (Å²) >= 11 is 0. The van der Waals surface area contributed by atoms with Gasteiger partial charge in [-0.25, -0.2) is 9.59 Å². The van der Waals surface area contributed by atoms with Crippen LogP contribution in [0.25, 0.3) is 0 Å². The number of likely N-dealkylation sites (N-methyl/N-ethyl adjacent to an activating group) is 1. The van der Waals surface area contributed by atoms with E-state index < -0.39 is 12.0 Å². The molecule has 2 unspecified atom stereocenters. The molecular formula is C11H21N3O3. The maximum atomic E-state index is 11.7. The molecule has 0 aromatic rings. The number of carbonyl (C=O) groups is 2. The molecule has 1 rings (SSSR count). The van der Waals surface area contributed by atoms with Gasteiger partial charge in [0, 0.05) is 20.1 Å². The highest BCUT2D eigenvalue weighted by Gasteiger charge is 2.24. The number of carbonyl (C=O) groups excluding carboxylic acids is 1. The summed E-state index contributed by atoms with van der Waals surface area (Å²) in [6.45, 7) is 4.14. The predicted octanol–water partition coefficient (Wildman–Crippen LogP) is 0.0526. The fraction of sp³-hybridized carbons (Fsp3) is 0.818. The zero-order valence-electron chi connectivity index (χ0n) is 10.6. The van der Waals surface area contributed by atoms with Gasteiger partial charge in [-0.1, -0.05) is 0 Å². The fourth-order valence-electron chi connectivity index (χ4n) is 1.89. The Hall–Kier alpha value is -1.30. The third-order valence-corrected chi connectivity index (χ3v) is 3.29. The van der Waals surface area contributed by atoms with E-state index in [-0.39, 0.29) is 6.03 Å². The molecule has 0 bridgehead atoms. The first-order valence-corrected chi connectivity index (χ1v) is 5.83. The van der Waals surface area contributed by atoms with Crippen molar-refractivity contribution in [2.75, 3.05) is 33.7 Å². The van der Waals surface area contributed by atoms with Crippen molar-refractivity contribution in [3.8, 4) is 0 Å². The van der Waals surface area contributed by atoms with E-state index in [0.717, 1.165) is 19.5 Å². The van der Waals surface area contributed by atoms with Crippen LogP contribution < -0.4 is 5.32 Å². The number of carboxylic acid groups (broad SMARTS) is 1. The number of nitrogens with one attached hydrogen (secondary N) is 1. The molecule has 6 nitrogen and oxygen atoms in total. The second kappa shape index (κ2) is 5.86. The Morgan fingerprint density at radius 2 is 2.24 bits per heavy atom. The third-order valence-electron chi connectivity index (χ3n) is 3.29. The van der Waals surface area contributed by atoms with Crippen LogP contribution in [0.15, 0.2) is 0 Å². The van der Waals surface area contributed by atoms with Crippen molar-refractivity contribution >= 4 is 12.0 Å². The fourth-order valence-corrected chi connectivity index (χ4v) is 1.89. The Kier molecular flexibility index (Phi) is 4.74. The number of carboxylic acids is 1. The molecule has 17 heavy (non-hydrogen) atoms. The van der Waals surface area contributed by atoms with Gasteiger partial charge in [0.15, 0.2) is 0 Å². The summed E-state index contributed by atoms with van der Waals surface area (Å²) in [6, 6.07) is -1.13. The van der Waals surface area contributed by atoms with Crippen LogP contribution >= 0.6 is 0 Å². The Balaban J connectivity index is 2.31. The first-order valence-electron chi connectivity index (χ1n) is 5.83. The summed E-state index contributed by atoms with van der Waals surface area (Å²) in [4.78, 5) is 25.8. The minimum absolute atomic E-state index is 0.325. The van der Waals surface area contributed by atoms with Gasteiger partial charge in [-0.05, 0) is 32.9 Å². The molecule has 6 heteroatoms. The van der Waals surface area contributed by atoms with Gasteiger partial charge in [0.2, 0.25) is 0 Å². The van der Waals surface area contributed by atoms with Crippen molar-refractivity contribution < 1.29 is 14.7 Å². The summed E-state index contributed by atoms with van der Waals surface area (Å²) in [6.07, 6.45) is 1.08. The Morgan fingerprint density at radius 1 is 1.59 bits per heavy atom. The number of hydrogen-bond donors (Lipinski definition) is 2. The van der Waals surface area contributed by atoms with E-state index in [0.29, 0.717) is 12.5 Å². The molecule has 2 amide bonds. The topological polar surface area (TPSA) is 72.9 Å². The van der Waals surface area contributed by atoms with Crippen molar-refractivity contribution in [1.82, 2.24) is 15.1 Å². The third kappa shape index (κ3) is 3.89. The Morgan fingerprint density at radius 3 is 2.71 bits per heavy atom. The highest BCUT2D eigenvalue weighted by molar-refractivity contribution is 5.82. The Bertz CT molecular complexity index is 296. The Labute approximate surface area is 102 Å².